The lowest BCUT2D eigenvalue weighted by molar-refractivity contribution is -0.0814. The lowest BCUT2D eigenvalue weighted by atomic mass is 9.88. The summed E-state index contributed by atoms with van der Waals surface area (Å²) in [6.07, 6.45) is 2.46. The molecule has 2 unspecified atom stereocenters. The number of hydrogen-bond donors (Lipinski definition) is 1. The van der Waals surface area contributed by atoms with Crippen molar-refractivity contribution in [1.82, 2.24) is 5.32 Å². The van der Waals surface area contributed by atoms with Gasteiger partial charge >= 0.3 is 0 Å². The molecule has 0 aromatic heterocycles. The molecule has 2 heterocycles. The van der Waals surface area contributed by atoms with Crippen LogP contribution in [0.2, 0.25) is 0 Å². The van der Waals surface area contributed by atoms with E-state index in [-0.39, 0.29) is 17.5 Å². The fraction of sp³-hybridized carbons (Fsp3) is 1.00. The maximum atomic E-state index is 11.6. The maximum Gasteiger partial charge on any atom is 0.153 e. The number of sulfone groups is 1. The van der Waals surface area contributed by atoms with Crippen molar-refractivity contribution in [3.05, 3.63) is 0 Å². The molecule has 2 fully saturated rings. The van der Waals surface area contributed by atoms with Crippen LogP contribution < -0.4 is 5.32 Å². The molecule has 0 aromatic carbocycles. The maximum absolute atomic E-state index is 11.6. The molecule has 0 aliphatic carbocycles. The van der Waals surface area contributed by atoms with E-state index in [2.05, 4.69) is 5.32 Å². The van der Waals surface area contributed by atoms with Crippen molar-refractivity contribution in [2.75, 3.05) is 38.4 Å². The smallest absolute Gasteiger partial charge is 0.153 e. The summed E-state index contributed by atoms with van der Waals surface area (Å²) in [5.74, 6) is 0.431. The first-order valence-corrected chi connectivity index (χ1v) is 7.97. The molecular weight excluding hydrogens is 242 g/mol. The number of rotatable bonds is 4. The van der Waals surface area contributed by atoms with Gasteiger partial charge in [-0.25, -0.2) is 8.42 Å². The normalized spacial score (nSPS) is 36.4. The van der Waals surface area contributed by atoms with Crippen LogP contribution in [-0.2, 0) is 19.3 Å². The standard InChI is InChI=1S/C11H21NO4S/c1-15-6-2-3-10-11(16-7-5-12-10)4-8-17(13,14)9-11/h10,12H,2-9H2,1H3. The van der Waals surface area contributed by atoms with Gasteiger partial charge in [-0.2, -0.15) is 0 Å². The fourth-order valence-corrected chi connectivity index (χ4v) is 4.78. The van der Waals surface area contributed by atoms with Crippen LogP contribution in [0.1, 0.15) is 19.3 Å². The van der Waals surface area contributed by atoms with E-state index in [1.165, 1.54) is 0 Å². The van der Waals surface area contributed by atoms with Gasteiger partial charge in [-0.3, -0.25) is 0 Å². The molecule has 0 amide bonds. The predicted octanol–water partition coefficient (Wildman–Crippen LogP) is -0.0413. The summed E-state index contributed by atoms with van der Waals surface area (Å²) >= 11 is 0. The van der Waals surface area contributed by atoms with Gasteiger partial charge in [0.15, 0.2) is 9.84 Å². The van der Waals surface area contributed by atoms with Gasteiger partial charge in [0.2, 0.25) is 0 Å². The van der Waals surface area contributed by atoms with Gasteiger partial charge in [-0.1, -0.05) is 0 Å². The van der Waals surface area contributed by atoms with Crippen molar-refractivity contribution in [3.8, 4) is 0 Å². The zero-order chi connectivity index (χ0) is 12.4. The summed E-state index contributed by atoms with van der Waals surface area (Å²) in [5, 5.41) is 3.40. The third-order valence-corrected chi connectivity index (χ3v) is 5.41. The molecule has 2 rings (SSSR count). The average Bonchev–Trinajstić information content (AvgIpc) is 2.58. The van der Waals surface area contributed by atoms with Gasteiger partial charge in [0.1, 0.15) is 0 Å². The predicted molar refractivity (Wildman–Crippen MR) is 64.9 cm³/mol. The van der Waals surface area contributed by atoms with Crippen molar-refractivity contribution in [3.63, 3.8) is 0 Å². The van der Waals surface area contributed by atoms with E-state index >= 15 is 0 Å². The minimum atomic E-state index is -2.91. The van der Waals surface area contributed by atoms with E-state index in [1.807, 2.05) is 0 Å². The molecule has 17 heavy (non-hydrogen) atoms. The van der Waals surface area contributed by atoms with Crippen LogP contribution in [0, 0.1) is 0 Å². The van der Waals surface area contributed by atoms with Crippen LogP contribution in [0.25, 0.3) is 0 Å². The first-order valence-electron chi connectivity index (χ1n) is 6.15. The number of nitrogens with one attached hydrogen (secondary N) is 1. The Morgan fingerprint density at radius 1 is 1.53 bits per heavy atom. The Hall–Kier alpha value is -0.170. The lowest BCUT2D eigenvalue weighted by Crippen LogP contribution is -2.58. The fourth-order valence-electron chi connectivity index (χ4n) is 2.80. The SMILES string of the molecule is COCCCC1NCCOC12CCS(=O)(=O)C2. The van der Waals surface area contributed by atoms with Gasteiger partial charge in [0.05, 0.1) is 23.7 Å². The molecule has 0 aromatic rings. The summed E-state index contributed by atoms with van der Waals surface area (Å²) in [6, 6.07) is 0.142. The first kappa shape index (κ1) is 13.3. The van der Waals surface area contributed by atoms with Gasteiger partial charge < -0.3 is 14.8 Å². The molecule has 2 atom stereocenters. The largest absolute Gasteiger partial charge is 0.385 e. The zero-order valence-electron chi connectivity index (χ0n) is 10.3. The van der Waals surface area contributed by atoms with Crippen LogP contribution in [0.4, 0.5) is 0 Å². The number of hydrogen-bond acceptors (Lipinski definition) is 5. The van der Waals surface area contributed by atoms with Crippen molar-refractivity contribution in [1.29, 1.82) is 0 Å². The molecule has 2 aliphatic heterocycles. The van der Waals surface area contributed by atoms with Gasteiger partial charge in [0, 0.05) is 26.3 Å². The summed E-state index contributed by atoms with van der Waals surface area (Å²) < 4.78 is 34.2. The second-order valence-corrected chi connectivity index (χ2v) is 7.08. The summed E-state index contributed by atoms with van der Waals surface area (Å²) in [6.45, 7) is 2.12. The highest BCUT2D eigenvalue weighted by Crippen LogP contribution is 2.34. The Morgan fingerprint density at radius 2 is 2.35 bits per heavy atom. The van der Waals surface area contributed by atoms with Crippen LogP contribution in [-0.4, -0.2) is 58.4 Å². The van der Waals surface area contributed by atoms with Crippen LogP contribution in [0.15, 0.2) is 0 Å². The van der Waals surface area contributed by atoms with E-state index in [1.54, 1.807) is 7.11 Å². The Morgan fingerprint density at radius 3 is 3.00 bits per heavy atom. The molecule has 100 valence electrons. The lowest BCUT2D eigenvalue weighted by Gasteiger charge is -2.41. The van der Waals surface area contributed by atoms with E-state index in [0.29, 0.717) is 19.6 Å². The second kappa shape index (κ2) is 5.22. The van der Waals surface area contributed by atoms with Gasteiger partial charge in [-0.15, -0.1) is 0 Å². The highest BCUT2D eigenvalue weighted by atomic mass is 32.2. The van der Waals surface area contributed by atoms with Crippen molar-refractivity contribution in [2.45, 2.75) is 30.9 Å². The zero-order valence-corrected chi connectivity index (χ0v) is 11.1. The van der Waals surface area contributed by atoms with E-state index in [0.717, 1.165) is 19.4 Å². The highest BCUT2D eigenvalue weighted by Gasteiger charge is 2.49. The second-order valence-electron chi connectivity index (χ2n) is 4.90. The quantitative estimate of drug-likeness (QED) is 0.721. The third kappa shape index (κ3) is 2.99. The molecule has 5 nitrogen and oxygen atoms in total. The molecule has 0 bridgehead atoms. The monoisotopic (exact) mass is 263 g/mol. The third-order valence-electron chi connectivity index (χ3n) is 3.66. The topological polar surface area (TPSA) is 64.6 Å². The summed E-state index contributed by atoms with van der Waals surface area (Å²) in [5.41, 5.74) is -0.481. The molecule has 1 spiro atoms. The van der Waals surface area contributed by atoms with Crippen LogP contribution in [0.3, 0.4) is 0 Å². The minimum absolute atomic E-state index is 0.142. The Balaban J connectivity index is 2.02. The molecule has 1 N–H and O–H groups in total. The van der Waals surface area contributed by atoms with Crippen molar-refractivity contribution in [2.24, 2.45) is 0 Å². The van der Waals surface area contributed by atoms with Crippen molar-refractivity contribution < 1.29 is 17.9 Å². The number of morpholine rings is 1. The van der Waals surface area contributed by atoms with E-state index in [9.17, 15) is 8.42 Å². The number of ether oxygens (including phenoxy) is 2. The van der Waals surface area contributed by atoms with Gasteiger partial charge in [-0.05, 0) is 19.3 Å². The first-order chi connectivity index (χ1) is 8.08. The average molecular weight is 263 g/mol. The highest BCUT2D eigenvalue weighted by molar-refractivity contribution is 7.91. The minimum Gasteiger partial charge on any atom is -0.385 e. The molecule has 0 saturated carbocycles. The summed E-state index contributed by atoms with van der Waals surface area (Å²) in [4.78, 5) is 0. The Bertz CT molecular complexity index is 356. The number of methoxy groups -OCH3 is 1. The molecule has 0 radical (unpaired) electrons. The van der Waals surface area contributed by atoms with Gasteiger partial charge in [0.25, 0.3) is 0 Å². The molecule has 2 aliphatic rings. The van der Waals surface area contributed by atoms with E-state index < -0.39 is 15.4 Å². The van der Waals surface area contributed by atoms with Crippen LogP contribution in [0.5, 0.6) is 0 Å². The Labute approximate surface area is 103 Å². The van der Waals surface area contributed by atoms with Crippen molar-refractivity contribution >= 4 is 9.84 Å². The molecular formula is C11H21NO4S. The molecule has 2 saturated heterocycles. The van der Waals surface area contributed by atoms with E-state index in [4.69, 9.17) is 9.47 Å². The molecule has 6 heteroatoms. The van der Waals surface area contributed by atoms with Crippen LogP contribution >= 0.6 is 0 Å². The Kier molecular flexibility index (Phi) is 4.07. The summed E-state index contributed by atoms with van der Waals surface area (Å²) in [7, 11) is -1.23.